The number of benzene rings is 1. The highest BCUT2D eigenvalue weighted by atomic mass is 32.2. The lowest BCUT2D eigenvalue weighted by molar-refractivity contribution is 0.0731. The number of morpholine rings is 1. The molecule has 3 aromatic rings. The van der Waals surface area contributed by atoms with E-state index < -0.39 is 10.0 Å². The van der Waals surface area contributed by atoms with Crippen LogP contribution in [0.1, 0.15) is 15.4 Å². The molecule has 2 aromatic heterocycles. The number of sulfonamides is 1. The quantitative estimate of drug-likeness (QED) is 0.669. The first-order chi connectivity index (χ1) is 13.1. The van der Waals surface area contributed by atoms with Crippen molar-refractivity contribution in [1.82, 2.24) is 19.8 Å². The third-order valence-electron chi connectivity index (χ3n) is 4.31. The number of nitrogens with zero attached hydrogens (tertiary/aromatic N) is 2. The number of amides is 1. The van der Waals surface area contributed by atoms with Crippen molar-refractivity contribution in [2.45, 2.75) is 10.8 Å². The van der Waals surface area contributed by atoms with Crippen LogP contribution in [-0.4, -0.2) is 55.1 Å². The summed E-state index contributed by atoms with van der Waals surface area (Å²) < 4.78 is 32.2. The number of aromatic nitrogens is 2. The Bertz CT molecular complexity index is 1070. The summed E-state index contributed by atoms with van der Waals surface area (Å²) in [7, 11) is -3.51. The van der Waals surface area contributed by atoms with E-state index in [1.54, 1.807) is 12.1 Å². The number of fused-ring (bicyclic) bond motifs is 1. The lowest BCUT2D eigenvalue weighted by Crippen LogP contribution is -2.40. The summed E-state index contributed by atoms with van der Waals surface area (Å²) >= 11 is 1.16. The van der Waals surface area contributed by atoms with Crippen LogP contribution >= 0.6 is 11.3 Å². The highest BCUT2D eigenvalue weighted by Crippen LogP contribution is 2.25. The van der Waals surface area contributed by atoms with Crippen LogP contribution < -0.4 is 5.32 Å². The van der Waals surface area contributed by atoms with Crippen molar-refractivity contribution in [2.75, 3.05) is 26.3 Å². The van der Waals surface area contributed by atoms with Gasteiger partial charge in [-0.1, -0.05) is 18.2 Å². The second kappa shape index (κ2) is 7.39. The molecule has 1 aromatic carbocycles. The van der Waals surface area contributed by atoms with Gasteiger partial charge in [-0.3, -0.25) is 9.89 Å². The van der Waals surface area contributed by atoms with Crippen molar-refractivity contribution in [3.8, 4) is 0 Å². The molecule has 142 valence electrons. The molecule has 0 atom stereocenters. The molecule has 0 aliphatic carbocycles. The molecule has 1 fully saturated rings. The minimum absolute atomic E-state index is 0.239. The fourth-order valence-electron chi connectivity index (χ4n) is 2.89. The summed E-state index contributed by atoms with van der Waals surface area (Å²) in [6.45, 7) is 1.77. The average molecular weight is 406 g/mol. The molecule has 8 nitrogen and oxygen atoms in total. The number of carbonyl (C=O) groups is 1. The van der Waals surface area contributed by atoms with Crippen LogP contribution in [0.2, 0.25) is 0 Å². The van der Waals surface area contributed by atoms with Gasteiger partial charge in [0.05, 0.1) is 25.3 Å². The van der Waals surface area contributed by atoms with Crippen LogP contribution in [0, 0.1) is 0 Å². The third-order valence-corrected chi connectivity index (χ3v) is 7.76. The molecule has 1 aliphatic rings. The molecule has 4 rings (SSSR count). The van der Waals surface area contributed by atoms with E-state index in [9.17, 15) is 13.2 Å². The van der Waals surface area contributed by atoms with Gasteiger partial charge in [-0.25, -0.2) is 8.42 Å². The van der Waals surface area contributed by atoms with Crippen LogP contribution in [0.3, 0.4) is 0 Å². The van der Waals surface area contributed by atoms with Crippen molar-refractivity contribution >= 4 is 38.2 Å². The predicted octanol–water partition coefficient (Wildman–Crippen LogP) is 1.58. The fraction of sp³-hybridized carbons (Fsp3) is 0.294. The lowest BCUT2D eigenvalue weighted by Gasteiger charge is -2.25. The fourth-order valence-corrected chi connectivity index (χ4v) is 5.75. The summed E-state index contributed by atoms with van der Waals surface area (Å²) in [6, 6.07) is 10.7. The number of carbonyl (C=O) groups excluding carboxylic acids is 1. The standard InChI is InChI=1S/C17H18N4O4S2/c22-17(16-13-3-1-2-4-14(13)19-20-16)18-11-12-5-6-15(26-12)27(23,24)21-7-9-25-10-8-21/h1-6H,7-11H2,(H,18,22)(H,19,20). The molecular formula is C17H18N4O4S2. The smallest absolute Gasteiger partial charge is 0.272 e. The van der Waals surface area contributed by atoms with E-state index in [1.807, 2.05) is 24.3 Å². The minimum atomic E-state index is -3.51. The summed E-state index contributed by atoms with van der Waals surface area (Å²) in [5.41, 5.74) is 1.11. The van der Waals surface area contributed by atoms with Gasteiger partial charge in [0.15, 0.2) is 5.69 Å². The first kappa shape index (κ1) is 18.1. The van der Waals surface area contributed by atoms with E-state index in [-0.39, 0.29) is 16.7 Å². The predicted molar refractivity (Wildman–Crippen MR) is 101 cm³/mol. The SMILES string of the molecule is O=C(NCc1ccc(S(=O)(=O)N2CCOCC2)s1)c1n[nH]c2ccccc12. The van der Waals surface area contributed by atoms with E-state index in [0.717, 1.165) is 27.1 Å². The maximum absolute atomic E-state index is 12.7. The Hall–Kier alpha value is -2.27. The second-order valence-corrected chi connectivity index (χ2v) is 9.37. The van der Waals surface area contributed by atoms with Crippen molar-refractivity contribution in [1.29, 1.82) is 0 Å². The molecule has 27 heavy (non-hydrogen) atoms. The highest BCUT2D eigenvalue weighted by molar-refractivity contribution is 7.91. The van der Waals surface area contributed by atoms with Gasteiger partial charge in [0.2, 0.25) is 0 Å². The topological polar surface area (TPSA) is 104 Å². The molecule has 10 heteroatoms. The molecule has 0 bridgehead atoms. The van der Waals surface area contributed by atoms with Gasteiger partial charge in [0.25, 0.3) is 15.9 Å². The van der Waals surface area contributed by atoms with E-state index >= 15 is 0 Å². The zero-order valence-corrected chi connectivity index (χ0v) is 16.0. The summed E-state index contributed by atoms with van der Waals surface area (Å²) in [5.74, 6) is -0.307. The Kier molecular flexibility index (Phi) is 4.96. The van der Waals surface area contributed by atoms with E-state index in [4.69, 9.17) is 4.74 Å². The van der Waals surface area contributed by atoms with E-state index in [1.165, 1.54) is 4.31 Å². The van der Waals surface area contributed by atoms with E-state index in [0.29, 0.717) is 32.0 Å². The number of para-hydroxylation sites is 1. The molecule has 0 unspecified atom stereocenters. The number of H-pyrrole nitrogens is 1. The number of hydrogen-bond acceptors (Lipinski definition) is 6. The van der Waals surface area contributed by atoms with Crippen molar-refractivity contribution in [2.24, 2.45) is 0 Å². The van der Waals surface area contributed by atoms with Crippen LogP contribution in [-0.2, 0) is 21.3 Å². The number of thiophene rings is 1. The lowest BCUT2D eigenvalue weighted by atomic mass is 10.2. The Morgan fingerprint density at radius 2 is 2.00 bits per heavy atom. The van der Waals surface area contributed by atoms with Gasteiger partial charge in [-0.05, 0) is 18.2 Å². The van der Waals surface area contributed by atoms with Gasteiger partial charge in [-0.2, -0.15) is 9.40 Å². The van der Waals surface area contributed by atoms with Crippen LogP contribution in [0.25, 0.3) is 10.9 Å². The molecule has 1 saturated heterocycles. The maximum Gasteiger partial charge on any atom is 0.272 e. The van der Waals surface area contributed by atoms with E-state index in [2.05, 4.69) is 15.5 Å². The number of hydrogen-bond donors (Lipinski definition) is 2. The molecule has 0 saturated carbocycles. The third kappa shape index (κ3) is 3.61. The molecule has 0 radical (unpaired) electrons. The minimum Gasteiger partial charge on any atom is -0.379 e. The number of ether oxygens (including phenoxy) is 1. The van der Waals surface area contributed by atoms with Gasteiger partial charge in [0, 0.05) is 23.4 Å². The molecule has 1 amide bonds. The molecular weight excluding hydrogens is 388 g/mol. The Balaban J connectivity index is 1.44. The Morgan fingerprint density at radius 3 is 2.81 bits per heavy atom. The summed E-state index contributed by atoms with van der Waals surface area (Å²) in [4.78, 5) is 13.2. The van der Waals surface area contributed by atoms with Crippen LogP contribution in [0.4, 0.5) is 0 Å². The van der Waals surface area contributed by atoms with Crippen molar-refractivity contribution < 1.29 is 17.9 Å². The largest absolute Gasteiger partial charge is 0.379 e. The monoisotopic (exact) mass is 406 g/mol. The highest BCUT2D eigenvalue weighted by Gasteiger charge is 2.27. The van der Waals surface area contributed by atoms with Gasteiger partial charge in [-0.15, -0.1) is 11.3 Å². The number of rotatable bonds is 5. The van der Waals surface area contributed by atoms with Crippen LogP contribution in [0.15, 0.2) is 40.6 Å². The first-order valence-corrected chi connectivity index (χ1v) is 10.7. The number of nitrogens with one attached hydrogen (secondary N) is 2. The average Bonchev–Trinajstić information content (AvgIpc) is 3.34. The zero-order valence-electron chi connectivity index (χ0n) is 14.3. The summed E-state index contributed by atoms with van der Waals surface area (Å²) in [6.07, 6.45) is 0. The Labute approximate surface area is 160 Å². The number of aromatic amines is 1. The zero-order chi connectivity index (χ0) is 18.9. The normalized spacial score (nSPS) is 15.9. The summed E-state index contributed by atoms with van der Waals surface area (Å²) in [5, 5.41) is 10.4. The van der Waals surface area contributed by atoms with Crippen molar-refractivity contribution in [3.05, 3.63) is 47.0 Å². The molecule has 2 N–H and O–H groups in total. The molecule has 1 aliphatic heterocycles. The van der Waals surface area contributed by atoms with Crippen molar-refractivity contribution in [3.63, 3.8) is 0 Å². The second-order valence-electron chi connectivity index (χ2n) is 6.04. The van der Waals surface area contributed by atoms with Crippen LogP contribution in [0.5, 0.6) is 0 Å². The maximum atomic E-state index is 12.7. The van der Waals surface area contributed by atoms with Gasteiger partial charge < -0.3 is 10.1 Å². The Morgan fingerprint density at radius 1 is 1.22 bits per heavy atom. The van der Waals surface area contributed by atoms with Gasteiger partial charge >= 0.3 is 0 Å². The first-order valence-electron chi connectivity index (χ1n) is 8.43. The molecule has 3 heterocycles. The molecule has 0 spiro atoms. The van der Waals surface area contributed by atoms with Gasteiger partial charge in [0.1, 0.15) is 4.21 Å².